The van der Waals surface area contributed by atoms with Crippen LogP contribution in [0.3, 0.4) is 0 Å². The van der Waals surface area contributed by atoms with Gasteiger partial charge in [-0.25, -0.2) is 9.78 Å². The Morgan fingerprint density at radius 1 is 0.686 bits per heavy atom. The first kappa shape index (κ1) is 24.3. The molecule has 0 bridgehead atoms. The van der Waals surface area contributed by atoms with Crippen molar-refractivity contribution < 1.29 is 29.0 Å². The third-order valence-corrected chi connectivity index (χ3v) is 5.09. The van der Waals surface area contributed by atoms with Crippen LogP contribution in [0.4, 0.5) is 0 Å². The molecule has 0 atom stereocenters. The number of allylic oxidation sites excluding steroid dienone is 5. The van der Waals surface area contributed by atoms with Gasteiger partial charge >= 0.3 is 0 Å². The normalized spacial score (nSPS) is 12.7. The summed E-state index contributed by atoms with van der Waals surface area (Å²) in [6, 6.07) is 23.3. The van der Waals surface area contributed by atoms with Gasteiger partial charge in [-0.15, -0.1) is 0 Å². The Hall–Kier alpha value is -3.84. The van der Waals surface area contributed by atoms with Crippen LogP contribution in [0.5, 0.6) is 23.0 Å². The first-order valence-electron chi connectivity index (χ1n) is 11.4. The van der Waals surface area contributed by atoms with Gasteiger partial charge in [0.2, 0.25) is 0 Å². The zero-order valence-electron chi connectivity index (χ0n) is 19.6. The lowest BCUT2D eigenvalue weighted by Gasteiger charge is -2.10. The van der Waals surface area contributed by atoms with E-state index < -0.39 is 0 Å². The summed E-state index contributed by atoms with van der Waals surface area (Å²) >= 11 is 0. The van der Waals surface area contributed by atoms with Crippen molar-refractivity contribution in [2.75, 3.05) is 13.7 Å². The molecule has 0 saturated heterocycles. The minimum atomic E-state index is 0.411. The molecule has 0 radical (unpaired) electrons. The third kappa shape index (κ3) is 8.15. The van der Waals surface area contributed by atoms with Gasteiger partial charge in [-0.1, -0.05) is 47.5 Å². The lowest BCUT2D eigenvalue weighted by molar-refractivity contribution is -0.501. The molecule has 4 rings (SSSR count). The van der Waals surface area contributed by atoms with Crippen LogP contribution in [0.25, 0.3) is 0 Å². The van der Waals surface area contributed by atoms with E-state index in [2.05, 4.69) is 22.1 Å². The maximum Gasteiger partial charge on any atom is 0.127 e. The fourth-order valence-electron chi connectivity index (χ4n) is 3.29. The lowest BCUT2D eigenvalue weighted by Crippen LogP contribution is -2.00. The predicted octanol–water partition coefficient (Wildman–Crippen LogP) is 6.89. The highest BCUT2D eigenvalue weighted by Crippen LogP contribution is 2.26. The maximum absolute atomic E-state index is 5.96. The third-order valence-electron chi connectivity index (χ3n) is 5.09. The topological polar surface area (TPSA) is 55.4 Å². The molecule has 6 heteroatoms. The summed E-state index contributed by atoms with van der Waals surface area (Å²) in [5.74, 6) is 3.87. The fraction of sp³-hybridized carbons (Fsp3) is 0.172. The fourth-order valence-corrected chi connectivity index (χ4v) is 3.29. The Balaban J connectivity index is 1.23. The van der Waals surface area contributed by atoms with Crippen LogP contribution >= 0.6 is 0 Å². The Kier molecular flexibility index (Phi) is 9.13. The van der Waals surface area contributed by atoms with Crippen LogP contribution in [0.1, 0.15) is 17.5 Å². The van der Waals surface area contributed by atoms with Gasteiger partial charge in [-0.05, 0) is 84.7 Å². The summed E-state index contributed by atoms with van der Waals surface area (Å²) in [5.41, 5.74) is 2.17. The van der Waals surface area contributed by atoms with Gasteiger partial charge in [0.25, 0.3) is 0 Å². The molecule has 1 aliphatic rings. The van der Waals surface area contributed by atoms with Crippen molar-refractivity contribution in [3.8, 4) is 23.0 Å². The summed E-state index contributed by atoms with van der Waals surface area (Å²) in [7, 11) is 1.40. The molecule has 0 heterocycles. The monoisotopic (exact) mass is 472 g/mol. The SMILES string of the molecule is COOOCCc1ccc(OCc2ccc(Oc3ccc(OC4=CC=CCC=C4)cc3)cc2)cc1. The van der Waals surface area contributed by atoms with Crippen LogP contribution in [0.15, 0.2) is 109 Å². The minimum Gasteiger partial charge on any atom is -0.489 e. The number of benzene rings is 3. The van der Waals surface area contributed by atoms with E-state index in [-0.39, 0.29) is 0 Å². The second kappa shape index (κ2) is 13.2. The van der Waals surface area contributed by atoms with Crippen LogP contribution in [-0.4, -0.2) is 13.7 Å². The van der Waals surface area contributed by atoms with Crippen molar-refractivity contribution in [3.05, 3.63) is 120 Å². The number of rotatable bonds is 12. The molecule has 0 N–H and O–H groups in total. The largest absolute Gasteiger partial charge is 0.489 e. The highest BCUT2D eigenvalue weighted by molar-refractivity contribution is 5.38. The Morgan fingerprint density at radius 2 is 1.31 bits per heavy atom. The molecule has 35 heavy (non-hydrogen) atoms. The van der Waals surface area contributed by atoms with Crippen LogP contribution in [-0.2, 0) is 27.8 Å². The molecule has 0 amide bonds. The van der Waals surface area contributed by atoms with E-state index in [4.69, 9.17) is 19.1 Å². The molecule has 0 fully saturated rings. The zero-order valence-corrected chi connectivity index (χ0v) is 19.6. The van der Waals surface area contributed by atoms with Crippen molar-refractivity contribution >= 4 is 0 Å². The Morgan fingerprint density at radius 3 is 2.03 bits per heavy atom. The summed E-state index contributed by atoms with van der Waals surface area (Å²) in [6.45, 7) is 0.879. The molecule has 6 nitrogen and oxygen atoms in total. The van der Waals surface area contributed by atoms with Crippen molar-refractivity contribution in [1.29, 1.82) is 0 Å². The minimum absolute atomic E-state index is 0.411. The predicted molar refractivity (Wildman–Crippen MR) is 133 cm³/mol. The highest BCUT2D eigenvalue weighted by atomic mass is 17.5. The molecule has 0 saturated carbocycles. The van der Waals surface area contributed by atoms with Crippen molar-refractivity contribution in [3.63, 3.8) is 0 Å². The summed E-state index contributed by atoms with van der Waals surface area (Å²) < 4.78 is 17.7. The van der Waals surface area contributed by atoms with Crippen molar-refractivity contribution in [2.45, 2.75) is 19.4 Å². The first-order valence-corrected chi connectivity index (χ1v) is 11.4. The van der Waals surface area contributed by atoms with E-state index in [1.807, 2.05) is 91.0 Å². The van der Waals surface area contributed by atoms with E-state index in [1.165, 1.54) is 7.11 Å². The van der Waals surface area contributed by atoms with E-state index >= 15 is 0 Å². The number of hydrogen-bond donors (Lipinski definition) is 0. The molecular weight excluding hydrogens is 444 g/mol. The average molecular weight is 473 g/mol. The number of hydrogen-bond acceptors (Lipinski definition) is 6. The van der Waals surface area contributed by atoms with Crippen LogP contribution < -0.4 is 14.2 Å². The lowest BCUT2D eigenvalue weighted by atomic mass is 10.1. The second-order valence-electron chi connectivity index (χ2n) is 7.69. The van der Waals surface area contributed by atoms with Gasteiger partial charge < -0.3 is 14.2 Å². The maximum atomic E-state index is 5.96. The van der Waals surface area contributed by atoms with Gasteiger partial charge in [0, 0.05) is 0 Å². The van der Waals surface area contributed by atoms with Crippen molar-refractivity contribution in [1.82, 2.24) is 0 Å². The molecule has 3 aromatic carbocycles. The van der Waals surface area contributed by atoms with E-state index in [0.29, 0.717) is 19.6 Å². The van der Waals surface area contributed by atoms with E-state index in [9.17, 15) is 0 Å². The molecule has 3 aromatic rings. The molecule has 0 spiro atoms. The smallest absolute Gasteiger partial charge is 0.127 e. The molecular formula is C29H28O6. The molecule has 1 aliphatic carbocycles. The molecule has 0 unspecified atom stereocenters. The van der Waals surface area contributed by atoms with Crippen LogP contribution in [0, 0.1) is 0 Å². The molecule has 0 aromatic heterocycles. The van der Waals surface area contributed by atoms with Crippen molar-refractivity contribution in [2.24, 2.45) is 0 Å². The highest BCUT2D eigenvalue weighted by Gasteiger charge is 2.03. The second-order valence-corrected chi connectivity index (χ2v) is 7.69. The van der Waals surface area contributed by atoms with Gasteiger partial charge in [-0.2, -0.15) is 0 Å². The standard InChI is InChI=1S/C29H28O6/c1-30-35-32-21-20-23-8-12-25(13-9-23)31-22-24-10-14-27(15-11-24)34-29-18-16-28(17-19-29)33-26-6-4-2-3-5-7-26/h2,4-19H,3,20-22H2,1H3. The van der Waals surface area contributed by atoms with E-state index in [1.54, 1.807) is 0 Å². The van der Waals surface area contributed by atoms with Gasteiger partial charge in [0.1, 0.15) is 35.4 Å². The summed E-state index contributed by atoms with van der Waals surface area (Å²) in [5, 5.41) is 4.40. The zero-order chi connectivity index (χ0) is 24.1. The first-order chi connectivity index (χ1) is 17.3. The van der Waals surface area contributed by atoms with E-state index in [0.717, 1.165) is 46.3 Å². The average Bonchev–Trinajstić information content (AvgIpc) is 3.17. The Labute approximate surface area is 205 Å². The van der Waals surface area contributed by atoms with Gasteiger partial charge in [0.05, 0.1) is 13.7 Å². The molecule has 0 aliphatic heterocycles. The Bertz CT molecular complexity index is 1130. The summed E-state index contributed by atoms with van der Waals surface area (Å²) in [6.07, 6.45) is 11.7. The molecule has 180 valence electrons. The number of ether oxygens (including phenoxy) is 3. The van der Waals surface area contributed by atoms with Crippen LogP contribution in [0.2, 0.25) is 0 Å². The van der Waals surface area contributed by atoms with Gasteiger partial charge in [0.15, 0.2) is 0 Å². The summed E-state index contributed by atoms with van der Waals surface area (Å²) in [4.78, 5) is 9.21. The van der Waals surface area contributed by atoms with Gasteiger partial charge in [-0.3, -0.25) is 0 Å². The quantitative estimate of drug-likeness (QED) is 0.163.